The highest BCUT2D eigenvalue weighted by atomic mass is 16.2. The molecule has 120 valence electrons. The highest BCUT2D eigenvalue weighted by Gasteiger charge is 2.53. The number of fused-ring (bicyclic) bond motifs is 1. The monoisotopic (exact) mass is 304 g/mol. The summed E-state index contributed by atoms with van der Waals surface area (Å²) in [6, 6.07) is 6.05. The number of nitrogens with two attached hydrogens (primary N) is 2. The summed E-state index contributed by atoms with van der Waals surface area (Å²) in [5.74, 6) is -0.925. The number of ketones is 1. The molecule has 0 aromatic heterocycles. The van der Waals surface area contributed by atoms with E-state index in [1.807, 2.05) is 38.1 Å². The zero-order chi connectivity index (χ0) is 16.7. The summed E-state index contributed by atoms with van der Waals surface area (Å²) in [4.78, 5) is 27.1. The van der Waals surface area contributed by atoms with Gasteiger partial charge in [0.05, 0.1) is 23.5 Å². The molecule has 1 aliphatic heterocycles. The normalized spacial score (nSPS) is 26.2. The van der Waals surface area contributed by atoms with Crippen molar-refractivity contribution in [1.29, 1.82) is 0 Å². The van der Waals surface area contributed by atoms with Gasteiger partial charge in [-0.2, -0.15) is 0 Å². The minimum Gasteiger partial charge on any atom is -0.377 e. The van der Waals surface area contributed by atoms with Crippen molar-refractivity contribution in [3.63, 3.8) is 0 Å². The van der Waals surface area contributed by atoms with E-state index in [1.165, 1.54) is 4.90 Å². The molecule has 0 aliphatic carbocycles. The molecule has 0 spiro atoms. The van der Waals surface area contributed by atoms with Crippen LogP contribution in [0.2, 0.25) is 0 Å². The molecule has 1 aliphatic rings. The minimum atomic E-state index is -1.70. The second kappa shape index (κ2) is 5.70. The number of nitrogens with zero attached hydrogens (tertiary/aromatic N) is 1. The van der Waals surface area contributed by atoms with Crippen LogP contribution in [0.5, 0.6) is 0 Å². The fourth-order valence-electron chi connectivity index (χ4n) is 3.02. The van der Waals surface area contributed by atoms with Crippen LogP contribution in [0.3, 0.4) is 0 Å². The molecule has 0 radical (unpaired) electrons. The van der Waals surface area contributed by atoms with Crippen molar-refractivity contribution in [3.05, 3.63) is 24.3 Å². The molecule has 1 aromatic rings. The van der Waals surface area contributed by atoms with E-state index in [-0.39, 0.29) is 5.92 Å². The molecule has 3 atom stereocenters. The summed E-state index contributed by atoms with van der Waals surface area (Å²) in [5.41, 5.74) is 11.9. The van der Waals surface area contributed by atoms with E-state index in [0.29, 0.717) is 5.69 Å². The van der Waals surface area contributed by atoms with E-state index in [1.54, 1.807) is 14.0 Å². The molecule has 22 heavy (non-hydrogen) atoms. The zero-order valence-electron chi connectivity index (χ0n) is 13.5. The summed E-state index contributed by atoms with van der Waals surface area (Å²) >= 11 is 0. The summed E-state index contributed by atoms with van der Waals surface area (Å²) in [5, 5.41) is 3.28. The van der Waals surface area contributed by atoms with E-state index in [0.717, 1.165) is 5.69 Å². The SMILES string of the molecule is CC(C)C1Nc2ccccc2N(C)C(=O)C1(N)C(=O)[C@H](C)N. The Hall–Kier alpha value is -1.92. The van der Waals surface area contributed by atoms with Gasteiger partial charge in [-0.15, -0.1) is 0 Å². The maximum Gasteiger partial charge on any atom is 0.256 e. The van der Waals surface area contributed by atoms with Crippen LogP contribution in [-0.4, -0.2) is 36.4 Å². The predicted molar refractivity (Wildman–Crippen MR) is 87.7 cm³/mol. The van der Waals surface area contributed by atoms with Gasteiger partial charge in [0.2, 0.25) is 0 Å². The number of benzene rings is 1. The molecule has 2 unspecified atom stereocenters. The summed E-state index contributed by atoms with van der Waals surface area (Å²) < 4.78 is 0. The van der Waals surface area contributed by atoms with Crippen LogP contribution in [0, 0.1) is 5.92 Å². The number of amides is 1. The first-order valence-corrected chi connectivity index (χ1v) is 7.43. The van der Waals surface area contributed by atoms with E-state index < -0.39 is 29.3 Å². The van der Waals surface area contributed by atoms with Gasteiger partial charge in [-0.25, -0.2) is 0 Å². The average Bonchev–Trinajstić information content (AvgIpc) is 2.56. The fraction of sp³-hybridized carbons (Fsp3) is 0.500. The molecule has 0 bridgehead atoms. The number of Topliss-reactive ketones (excluding diaryl/α,β-unsaturated/α-hetero) is 1. The van der Waals surface area contributed by atoms with Gasteiger partial charge in [0.25, 0.3) is 5.91 Å². The third-order valence-electron chi connectivity index (χ3n) is 4.21. The number of carbonyl (C=O) groups excluding carboxylic acids is 2. The molecule has 2 rings (SSSR count). The molecule has 6 nitrogen and oxygen atoms in total. The molecule has 0 fully saturated rings. The lowest BCUT2D eigenvalue weighted by Gasteiger charge is -2.38. The Kier molecular flexibility index (Phi) is 4.26. The van der Waals surface area contributed by atoms with Crippen LogP contribution in [0.1, 0.15) is 20.8 Å². The summed E-state index contributed by atoms with van der Waals surface area (Å²) in [7, 11) is 1.63. The number of nitrogens with one attached hydrogen (secondary N) is 1. The second-order valence-corrected chi connectivity index (χ2v) is 6.27. The third kappa shape index (κ3) is 2.38. The van der Waals surface area contributed by atoms with Gasteiger partial charge in [-0.05, 0) is 25.0 Å². The van der Waals surface area contributed by atoms with Gasteiger partial charge >= 0.3 is 0 Å². The standard InChI is InChI=1S/C16H24N4O2/c1-9(2)13-16(18,14(21)10(3)17)15(22)20(4)12-8-6-5-7-11(12)19-13/h5-10,13,19H,17-18H2,1-4H3/t10-,13?,16?/m0/s1. The lowest BCUT2D eigenvalue weighted by atomic mass is 9.77. The maximum atomic E-state index is 13.0. The van der Waals surface area contributed by atoms with Gasteiger partial charge in [-0.1, -0.05) is 26.0 Å². The number of carbonyl (C=O) groups is 2. The minimum absolute atomic E-state index is 0.0313. The van der Waals surface area contributed by atoms with Gasteiger partial charge in [0, 0.05) is 7.05 Å². The predicted octanol–water partition coefficient (Wildman–Crippen LogP) is 0.713. The van der Waals surface area contributed by atoms with Crippen LogP contribution in [-0.2, 0) is 9.59 Å². The number of hydrogen-bond donors (Lipinski definition) is 3. The van der Waals surface area contributed by atoms with E-state index in [9.17, 15) is 9.59 Å². The van der Waals surface area contributed by atoms with Crippen molar-refractivity contribution in [2.45, 2.75) is 38.4 Å². The van der Waals surface area contributed by atoms with Crippen molar-refractivity contribution in [2.75, 3.05) is 17.3 Å². The Bertz CT molecular complexity index is 600. The Balaban J connectivity index is 2.64. The van der Waals surface area contributed by atoms with Gasteiger partial charge in [0.1, 0.15) is 0 Å². The highest BCUT2D eigenvalue weighted by molar-refractivity contribution is 6.20. The molecule has 1 amide bonds. The Labute approximate surface area is 130 Å². The number of rotatable bonds is 3. The topological polar surface area (TPSA) is 101 Å². The van der Waals surface area contributed by atoms with Crippen molar-refractivity contribution in [1.82, 2.24) is 0 Å². The van der Waals surface area contributed by atoms with Gasteiger partial charge in [0.15, 0.2) is 11.3 Å². The molecular formula is C16H24N4O2. The van der Waals surface area contributed by atoms with Crippen molar-refractivity contribution in [2.24, 2.45) is 17.4 Å². The maximum absolute atomic E-state index is 13.0. The van der Waals surface area contributed by atoms with Gasteiger partial charge in [-0.3, -0.25) is 9.59 Å². The van der Waals surface area contributed by atoms with Crippen LogP contribution in [0.15, 0.2) is 24.3 Å². The molecule has 5 N–H and O–H groups in total. The molecular weight excluding hydrogens is 280 g/mol. The van der Waals surface area contributed by atoms with Gasteiger partial charge < -0.3 is 21.7 Å². The fourth-order valence-corrected chi connectivity index (χ4v) is 3.02. The zero-order valence-corrected chi connectivity index (χ0v) is 13.5. The van der Waals surface area contributed by atoms with E-state index in [4.69, 9.17) is 11.5 Å². The Morgan fingerprint density at radius 1 is 1.32 bits per heavy atom. The molecule has 1 heterocycles. The van der Waals surface area contributed by atoms with Crippen LogP contribution >= 0.6 is 0 Å². The van der Waals surface area contributed by atoms with Crippen LogP contribution in [0.25, 0.3) is 0 Å². The van der Waals surface area contributed by atoms with Crippen molar-refractivity contribution >= 4 is 23.1 Å². The molecule has 0 saturated carbocycles. The summed E-state index contributed by atoms with van der Waals surface area (Å²) in [6.45, 7) is 5.41. The van der Waals surface area contributed by atoms with E-state index in [2.05, 4.69) is 5.32 Å². The number of para-hydroxylation sites is 2. The second-order valence-electron chi connectivity index (χ2n) is 6.27. The lowest BCUT2D eigenvalue weighted by Crippen LogP contribution is -2.71. The summed E-state index contributed by atoms with van der Waals surface area (Å²) in [6.07, 6.45) is 0. The number of likely N-dealkylation sites (N-methyl/N-ethyl adjacent to an activating group) is 1. The Morgan fingerprint density at radius 2 is 1.91 bits per heavy atom. The smallest absolute Gasteiger partial charge is 0.256 e. The first-order chi connectivity index (χ1) is 10.2. The van der Waals surface area contributed by atoms with Crippen LogP contribution in [0.4, 0.5) is 11.4 Å². The molecule has 0 saturated heterocycles. The lowest BCUT2D eigenvalue weighted by molar-refractivity contribution is -0.136. The van der Waals surface area contributed by atoms with E-state index >= 15 is 0 Å². The highest BCUT2D eigenvalue weighted by Crippen LogP contribution is 2.35. The quantitative estimate of drug-likeness (QED) is 0.714. The number of anilines is 2. The van der Waals surface area contributed by atoms with Crippen molar-refractivity contribution in [3.8, 4) is 0 Å². The molecule has 6 heteroatoms. The van der Waals surface area contributed by atoms with Crippen LogP contribution < -0.4 is 21.7 Å². The van der Waals surface area contributed by atoms with Crippen molar-refractivity contribution < 1.29 is 9.59 Å². The Morgan fingerprint density at radius 3 is 2.45 bits per heavy atom. The largest absolute Gasteiger partial charge is 0.377 e. The average molecular weight is 304 g/mol. The molecule has 1 aromatic carbocycles. The first-order valence-electron chi connectivity index (χ1n) is 7.43. The first kappa shape index (κ1) is 16.5. The third-order valence-corrected chi connectivity index (χ3v) is 4.21. The number of hydrogen-bond acceptors (Lipinski definition) is 5.